The Morgan fingerprint density at radius 3 is 0.544 bits per heavy atom. The Kier molecular flexibility index (Phi) is 44.7. The van der Waals surface area contributed by atoms with E-state index in [4.69, 9.17) is 0 Å². The van der Waals surface area contributed by atoms with Gasteiger partial charge in [-0.1, -0.05) is 196 Å². The zero-order chi connectivity index (χ0) is 52.3. The summed E-state index contributed by atoms with van der Waals surface area (Å²) in [6, 6.07) is 0. The minimum atomic E-state index is -5.31. The second-order valence-corrected chi connectivity index (χ2v) is 20.2. The number of carbonyl (C=O) groups excluding carboxylic acids is 6. The van der Waals surface area contributed by atoms with Crippen molar-refractivity contribution in [2.75, 3.05) is 14.1 Å². The van der Waals surface area contributed by atoms with Crippen LogP contribution in [-0.4, -0.2) is 84.4 Å². The van der Waals surface area contributed by atoms with Crippen LogP contribution in [0.15, 0.2) is 0 Å². The fourth-order valence-electron chi connectivity index (χ4n) is 7.52. The minimum Gasteiger partial charge on any atom is -0.724 e. The van der Waals surface area contributed by atoms with Crippen molar-refractivity contribution in [1.82, 2.24) is 0 Å². The first kappa shape index (κ1) is 69.9. The minimum absolute atomic E-state index is 0.196. The van der Waals surface area contributed by atoms with Crippen LogP contribution in [-0.2, 0) is 58.2 Å². The maximum absolute atomic E-state index is 13.0. The highest BCUT2D eigenvalue weighted by Crippen LogP contribution is 2.22. The molecule has 0 aromatic carbocycles. The number of amides is 6. The van der Waals surface area contributed by atoms with Crippen molar-refractivity contribution < 1.29 is 72.3 Å². The summed E-state index contributed by atoms with van der Waals surface area (Å²) in [6.45, 7) is 13.0. The lowest BCUT2D eigenvalue weighted by Gasteiger charge is -2.26. The molecular weight excluding hydrogens is 917 g/mol. The van der Waals surface area contributed by atoms with E-state index < -0.39 is 29.8 Å². The number of hydrogen-bond acceptors (Lipinski definition) is 14. The van der Waals surface area contributed by atoms with E-state index >= 15 is 0 Å². The topological polar surface area (TPSA) is 235 Å². The van der Waals surface area contributed by atoms with Gasteiger partial charge in [-0.25, -0.2) is 45.6 Å². The van der Waals surface area contributed by atoms with E-state index in [1.165, 1.54) is 38.5 Å². The molecule has 0 aromatic rings. The molecule has 0 heterocycles. The quantitative estimate of drug-likeness (QED) is 0.0139. The van der Waals surface area contributed by atoms with Gasteiger partial charge in [0.25, 0.3) is 0 Å². The molecule has 0 fully saturated rings. The van der Waals surface area contributed by atoms with E-state index in [0.717, 1.165) is 154 Å². The van der Waals surface area contributed by atoms with Crippen LogP contribution < -0.4 is 0 Å². The number of imide groups is 6. The summed E-state index contributed by atoms with van der Waals surface area (Å²) in [7, 11) is -7.48. The Morgan fingerprint density at radius 1 is 0.294 bits per heavy atom. The van der Waals surface area contributed by atoms with Crippen LogP contribution in [0.25, 0.3) is 0 Å². The van der Waals surface area contributed by atoms with Gasteiger partial charge in [-0.15, -0.1) is 17.6 Å². The number of hydrogen-bond donors (Lipinski definition) is 0. The molecule has 0 spiro atoms. The molecule has 0 saturated heterocycles. The highest BCUT2D eigenvalue weighted by Gasteiger charge is 2.46. The first-order chi connectivity index (χ1) is 32.1. The van der Waals surface area contributed by atoms with Gasteiger partial charge in [-0.05, 0) is 38.5 Å². The lowest BCUT2D eigenvalue weighted by molar-refractivity contribution is -0.682. The standard InChI is InChI=1S/2C25H48NO3.H2O8S2/c2*1-5-8-11-14-17-20-23(27)26(4,24(28)21-18-15-12-9-6-2)25(29)22-19-16-13-10-7-3;1-9(2,3)7-8-10(4,5)6/h2*5-22H2,1-4H3;(H,1,2,3)(H,4,5,6)/q2*+1;/p-2. The molecule has 0 aromatic heterocycles. The van der Waals surface area contributed by atoms with Crippen LogP contribution in [0.3, 0.4) is 0 Å². The van der Waals surface area contributed by atoms with Crippen LogP contribution in [0, 0.1) is 0 Å². The van der Waals surface area contributed by atoms with Crippen LogP contribution in [0.2, 0.25) is 0 Å². The van der Waals surface area contributed by atoms with Gasteiger partial charge in [0.2, 0.25) is 20.8 Å². The largest absolute Gasteiger partial charge is 0.724 e. The predicted molar refractivity (Wildman–Crippen MR) is 264 cm³/mol. The SMILES string of the molecule is CCCCCCCC(=O)[N+](C)(C(=O)CCCCCCC)C(=O)CCCCCCC.CCCCCCCC(=O)[N+](C)(C(=O)CCCCCCC)C(=O)CCCCCCC.O=S(=O)([O-])OOS(=O)(=O)[O-]. The Hall–Kier alpha value is -2.32. The van der Waals surface area contributed by atoms with E-state index in [1.807, 2.05) is 0 Å². The second kappa shape index (κ2) is 43.5. The van der Waals surface area contributed by atoms with Gasteiger partial charge in [-0.2, -0.15) is 0 Å². The van der Waals surface area contributed by atoms with E-state index in [9.17, 15) is 54.7 Å². The van der Waals surface area contributed by atoms with Gasteiger partial charge in [-0.3, -0.25) is 0 Å². The zero-order valence-electron chi connectivity index (χ0n) is 43.9. The average molecular weight is 1010 g/mol. The molecule has 0 aliphatic carbocycles. The first-order valence-corrected chi connectivity index (χ1v) is 29.0. The molecule has 0 unspecified atom stereocenters. The molecule has 0 saturated carbocycles. The molecule has 68 heavy (non-hydrogen) atoms. The Labute approximate surface area is 413 Å². The third-order valence-corrected chi connectivity index (χ3v) is 12.7. The van der Waals surface area contributed by atoms with E-state index in [2.05, 4.69) is 50.2 Å². The molecule has 402 valence electrons. The summed E-state index contributed by atoms with van der Waals surface area (Å²) in [5, 5.41) is 0. The molecule has 0 aliphatic heterocycles. The van der Waals surface area contributed by atoms with Gasteiger partial charge in [0, 0.05) is 0 Å². The molecule has 16 nitrogen and oxygen atoms in total. The van der Waals surface area contributed by atoms with Crippen molar-refractivity contribution >= 4 is 56.2 Å². The monoisotopic (exact) mass is 1010 g/mol. The van der Waals surface area contributed by atoms with E-state index in [0.29, 0.717) is 38.5 Å². The van der Waals surface area contributed by atoms with Gasteiger partial charge < -0.3 is 9.11 Å². The number of unbranched alkanes of at least 4 members (excludes halogenated alkanes) is 24. The molecule has 0 rings (SSSR count). The lowest BCUT2D eigenvalue weighted by Crippen LogP contribution is -2.57. The summed E-state index contributed by atoms with van der Waals surface area (Å²) in [6.07, 6.45) is 33.4. The molecular formula is C50H96N2O14S2. The lowest BCUT2D eigenvalue weighted by atomic mass is 10.1. The fraction of sp³-hybridized carbons (Fsp3) is 0.880. The maximum atomic E-state index is 13.0. The molecule has 0 radical (unpaired) electrons. The summed E-state index contributed by atoms with van der Waals surface area (Å²) in [5.41, 5.74) is 0. The Balaban J connectivity index is -0.00000103. The first-order valence-electron chi connectivity index (χ1n) is 26.3. The Morgan fingerprint density at radius 2 is 0.426 bits per heavy atom. The van der Waals surface area contributed by atoms with Crippen molar-refractivity contribution in [3.05, 3.63) is 0 Å². The third-order valence-electron chi connectivity index (χ3n) is 12.2. The van der Waals surface area contributed by atoms with Crippen molar-refractivity contribution in [2.24, 2.45) is 0 Å². The van der Waals surface area contributed by atoms with Crippen LogP contribution in [0.5, 0.6) is 0 Å². The smallest absolute Gasteiger partial charge is 0.328 e. The summed E-state index contributed by atoms with van der Waals surface area (Å²) < 4.78 is 60.2. The molecule has 0 aliphatic rings. The molecule has 0 N–H and O–H groups in total. The van der Waals surface area contributed by atoms with Gasteiger partial charge in [0.15, 0.2) is 0 Å². The fourth-order valence-corrected chi connectivity index (χ4v) is 8.07. The van der Waals surface area contributed by atoms with Crippen LogP contribution >= 0.6 is 0 Å². The Bertz CT molecular complexity index is 1340. The highest BCUT2D eigenvalue weighted by atomic mass is 32.3. The van der Waals surface area contributed by atoms with Crippen molar-refractivity contribution in [1.29, 1.82) is 0 Å². The van der Waals surface area contributed by atoms with Crippen molar-refractivity contribution in [3.63, 3.8) is 0 Å². The average Bonchev–Trinajstić information content (AvgIpc) is 3.29. The van der Waals surface area contributed by atoms with E-state index in [-0.39, 0.29) is 35.4 Å². The summed E-state index contributed by atoms with van der Waals surface area (Å²) >= 11 is 0. The summed E-state index contributed by atoms with van der Waals surface area (Å²) in [5.74, 6) is -1.17. The number of carbonyl (C=O) groups is 6. The third kappa shape index (κ3) is 36.6. The van der Waals surface area contributed by atoms with Crippen LogP contribution in [0.1, 0.15) is 273 Å². The van der Waals surface area contributed by atoms with Crippen LogP contribution in [0.4, 0.5) is 0 Å². The number of quaternary nitrogens is 2. The van der Waals surface area contributed by atoms with E-state index in [1.54, 1.807) is 14.1 Å². The number of nitrogens with zero attached hydrogens (tertiary/aromatic N) is 2. The molecule has 6 amide bonds. The molecule has 0 bridgehead atoms. The van der Waals surface area contributed by atoms with Crippen molar-refractivity contribution in [3.8, 4) is 0 Å². The van der Waals surface area contributed by atoms with Gasteiger partial charge in [0.05, 0.1) is 52.6 Å². The maximum Gasteiger partial charge on any atom is 0.328 e. The molecule has 0 atom stereocenters. The normalized spacial score (nSPS) is 11.9. The second-order valence-electron chi connectivity index (χ2n) is 18.3. The number of rotatable bonds is 39. The van der Waals surface area contributed by atoms with Gasteiger partial charge >= 0.3 is 35.4 Å². The van der Waals surface area contributed by atoms with Gasteiger partial charge in [0.1, 0.15) is 0 Å². The predicted octanol–water partition coefficient (Wildman–Crippen LogP) is 12.0. The molecule has 18 heteroatoms. The summed E-state index contributed by atoms with van der Waals surface area (Å²) in [4.78, 5) is 77.9. The highest BCUT2D eigenvalue weighted by molar-refractivity contribution is 7.83. The zero-order valence-corrected chi connectivity index (χ0v) is 45.5. The van der Waals surface area contributed by atoms with Crippen molar-refractivity contribution in [2.45, 2.75) is 273 Å².